The van der Waals surface area contributed by atoms with E-state index in [0.29, 0.717) is 12.8 Å². The van der Waals surface area contributed by atoms with E-state index in [-0.39, 0.29) is 36.8 Å². The molecule has 1 aromatic rings. The summed E-state index contributed by atoms with van der Waals surface area (Å²) in [5, 5.41) is 50.3. The van der Waals surface area contributed by atoms with E-state index in [1.165, 1.54) is 18.2 Å². The third-order valence-corrected chi connectivity index (χ3v) is 5.17. The zero-order chi connectivity index (χ0) is 30.1. The highest BCUT2D eigenvalue weighted by Crippen LogP contribution is 2.09. The molecule has 1 rings (SSSR count). The van der Waals surface area contributed by atoms with Crippen LogP contribution in [0, 0.1) is 0 Å². The van der Waals surface area contributed by atoms with Crippen molar-refractivity contribution in [2.75, 3.05) is 0 Å². The van der Waals surface area contributed by atoms with Crippen LogP contribution in [0.2, 0.25) is 0 Å². The van der Waals surface area contributed by atoms with Gasteiger partial charge in [-0.15, -0.1) is 0 Å². The Labute approximate surface area is 227 Å². The predicted octanol–water partition coefficient (Wildman–Crippen LogP) is 5.25. The molecule has 0 amide bonds. The predicted molar refractivity (Wildman–Crippen MR) is 140 cm³/mol. The number of benzene rings is 1. The third-order valence-electron chi connectivity index (χ3n) is 5.17. The molecule has 1 aromatic carbocycles. The van der Waals surface area contributed by atoms with Crippen LogP contribution in [-0.2, 0) is 19.2 Å². The molecule has 0 saturated carbocycles. The monoisotopic (exact) mass is 556 g/mol. The normalized spacial score (nSPS) is 9.74. The van der Waals surface area contributed by atoms with E-state index in [0.717, 1.165) is 63.9 Å². The largest absolute Gasteiger partial charge is 0.481 e. The molecule has 0 aliphatic carbocycles. The molecule has 0 aromatic heterocycles. The van der Waals surface area contributed by atoms with Gasteiger partial charge in [0.25, 0.3) is 0 Å². The molecular weight excluding hydrogens is 516 g/mol. The van der Waals surface area contributed by atoms with Gasteiger partial charge in [0.15, 0.2) is 0 Å². The molecule has 0 unspecified atom stereocenters. The molecule has 0 aliphatic heterocycles. The Kier molecular flexibility index (Phi) is 23.3. The molecular formula is C27H40O12. The van der Waals surface area contributed by atoms with Crippen molar-refractivity contribution in [2.45, 2.75) is 96.3 Å². The molecule has 0 saturated heterocycles. The van der Waals surface area contributed by atoms with Crippen molar-refractivity contribution in [3.63, 3.8) is 0 Å². The number of hydrogen-bond donors (Lipinski definition) is 6. The highest BCUT2D eigenvalue weighted by Gasteiger charge is 2.06. The van der Waals surface area contributed by atoms with Gasteiger partial charge in [-0.25, -0.2) is 9.59 Å². The van der Waals surface area contributed by atoms with Gasteiger partial charge in [-0.3, -0.25) is 19.2 Å². The van der Waals surface area contributed by atoms with Crippen molar-refractivity contribution in [3.8, 4) is 0 Å². The highest BCUT2D eigenvalue weighted by atomic mass is 16.4. The second-order valence-corrected chi connectivity index (χ2v) is 8.66. The Morgan fingerprint density at radius 2 is 0.641 bits per heavy atom. The first-order valence-electron chi connectivity index (χ1n) is 12.8. The van der Waals surface area contributed by atoms with Gasteiger partial charge in [0.1, 0.15) is 0 Å². The number of aliphatic carboxylic acids is 4. The maximum absolute atomic E-state index is 10.4. The van der Waals surface area contributed by atoms with Gasteiger partial charge in [0, 0.05) is 25.7 Å². The van der Waals surface area contributed by atoms with E-state index in [2.05, 4.69) is 0 Å². The summed E-state index contributed by atoms with van der Waals surface area (Å²) in [5.74, 6) is -5.25. The topological polar surface area (TPSA) is 224 Å². The minimum Gasteiger partial charge on any atom is -0.481 e. The average molecular weight is 557 g/mol. The Balaban J connectivity index is 0. The number of carbonyl (C=O) groups is 6. The first-order valence-corrected chi connectivity index (χ1v) is 12.8. The van der Waals surface area contributed by atoms with Crippen LogP contribution in [-0.4, -0.2) is 66.5 Å². The van der Waals surface area contributed by atoms with Crippen LogP contribution in [0.15, 0.2) is 24.3 Å². The molecule has 0 bridgehead atoms. The van der Waals surface area contributed by atoms with Gasteiger partial charge in [-0.2, -0.15) is 0 Å². The maximum Gasteiger partial charge on any atom is 0.335 e. The Morgan fingerprint density at radius 1 is 0.410 bits per heavy atom. The van der Waals surface area contributed by atoms with Crippen molar-refractivity contribution in [1.82, 2.24) is 0 Å². The van der Waals surface area contributed by atoms with Crippen molar-refractivity contribution in [1.29, 1.82) is 0 Å². The van der Waals surface area contributed by atoms with E-state index in [9.17, 15) is 28.8 Å². The van der Waals surface area contributed by atoms with Gasteiger partial charge in [0.05, 0.1) is 11.1 Å². The van der Waals surface area contributed by atoms with Crippen molar-refractivity contribution >= 4 is 35.8 Å². The zero-order valence-electron chi connectivity index (χ0n) is 22.0. The smallest absolute Gasteiger partial charge is 0.335 e. The first-order chi connectivity index (χ1) is 18.4. The minimum atomic E-state index is -1.13. The molecule has 0 radical (unpaired) electrons. The lowest BCUT2D eigenvalue weighted by molar-refractivity contribution is -0.138. The average Bonchev–Trinajstić information content (AvgIpc) is 2.85. The SMILES string of the molecule is O=C(O)CCCCCCCC(=O)O.O=C(O)CCCCCCCCC(=O)O.O=C(O)c1cccc(C(=O)O)c1. The lowest BCUT2D eigenvalue weighted by atomic mass is 10.1. The summed E-state index contributed by atoms with van der Waals surface area (Å²) >= 11 is 0. The summed E-state index contributed by atoms with van der Waals surface area (Å²) in [7, 11) is 0. The molecule has 12 nitrogen and oxygen atoms in total. The summed E-state index contributed by atoms with van der Waals surface area (Å²) in [6.45, 7) is 0. The fourth-order valence-electron chi connectivity index (χ4n) is 3.13. The summed E-state index contributed by atoms with van der Waals surface area (Å²) in [5.41, 5.74) is -0.0372. The van der Waals surface area contributed by atoms with Gasteiger partial charge < -0.3 is 30.6 Å². The van der Waals surface area contributed by atoms with Crippen LogP contribution < -0.4 is 0 Å². The van der Waals surface area contributed by atoms with E-state index in [1.54, 1.807) is 0 Å². The van der Waals surface area contributed by atoms with Gasteiger partial charge in [-0.1, -0.05) is 51.0 Å². The first kappa shape index (κ1) is 37.2. The molecule has 6 N–H and O–H groups in total. The van der Waals surface area contributed by atoms with E-state index in [4.69, 9.17) is 30.6 Å². The lowest BCUT2D eigenvalue weighted by Gasteiger charge is -1.98. The standard InChI is InChI=1S/C10H18O4.C9H16O4.C8H6O4/c11-9(12)7-5-3-1-2-4-6-8-10(13)14;10-8(11)6-4-2-1-3-5-7-9(12)13;9-7(10)5-2-1-3-6(4-5)8(11)12/h1-8H2,(H,11,12)(H,13,14);1-7H2,(H,10,11)(H,12,13);1-4H,(H,9,10)(H,11,12). The number of hydrogen-bond acceptors (Lipinski definition) is 6. The molecule has 0 heterocycles. The molecule has 0 aliphatic rings. The van der Waals surface area contributed by atoms with Crippen LogP contribution in [0.1, 0.15) is 117 Å². The second kappa shape index (κ2) is 24.4. The number of aromatic carboxylic acids is 2. The molecule has 0 atom stereocenters. The van der Waals surface area contributed by atoms with Gasteiger partial charge >= 0.3 is 35.8 Å². The summed E-state index contributed by atoms with van der Waals surface area (Å²) in [6.07, 6.45) is 10.4. The van der Waals surface area contributed by atoms with Crippen LogP contribution in [0.25, 0.3) is 0 Å². The maximum atomic E-state index is 10.4. The minimum absolute atomic E-state index is 0.0186. The summed E-state index contributed by atoms with van der Waals surface area (Å²) < 4.78 is 0. The van der Waals surface area contributed by atoms with E-state index >= 15 is 0 Å². The van der Waals surface area contributed by atoms with Crippen LogP contribution in [0.4, 0.5) is 0 Å². The molecule has 220 valence electrons. The van der Waals surface area contributed by atoms with Crippen LogP contribution in [0.3, 0.4) is 0 Å². The molecule has 39 heavy (non-hydrogen) atoms. The molecule has 0 fully saturated rings. The second-order valence-electron chi connectivity index (χ2n) is 8.66. The van der Waals surface area contributed by atoms with Gasteiger partial charge in [0.2, 0.25) is 0 Å². The van der Waals surface area contributed by atoms with E-state index in [1.807, 2.05) is 0 Å². The molecule has 12 heteroatoms. The fraction of sp³-hybridized carbons (Fsp3) is 0.556. The van der Waals surface area contributed by atoms with Crippen LogP contribution >= 0.6 is 0 Å². The quantitative estimate of drug-likeness (QED) is 0.120. The number of unbranched alkanes of at least 4 members (excludes halogenated alkanes) is 9. The van der Waals surface area contributed by atoms with E-state index < -0.39 is 35.8 Å². The van der Waals surface area contributed by atoms with Crippen LogP contribution in [0.5, 0.6) is 0 Å². The third kappa shape index (κ3) is 28.5. The van der Waals surface area contributed by atoms with Crippen molar-refractivity contribution in [2.24, 2.45) is 0 Å². The lowest BCUT2D eigenvalue weighted by Crippen LogP contribution is -2.01. The Morgan fingerprint density at radius 3 is 0.846 bits per heavy atom. The molecule has 0 spiro atoms. The number of carboxylic acid groups (broad SMARTS) is 6. The zero-order valence-corrected chi connectivity index (χ0v) is 22.0. The summed E-state index contributed by atoms with van der Waals surface area (Å²) in [4.78, 5) is 61.3. The van der Waals surface area contributed by atoms with Crippen molar-refractivity contribution < 1.29 is 59.4 Å². The van der Waals surface area contributed by atoms with Crippen molar-refractivity contribution in [3.05, 3.63) is 35.4 Å². The highest BCUT2D eigenvalue weighted by molar-refractivity contribution is 5.93. The number of rotatable bonds is 19. The fourth-order valence-corrected chi connectivity index (χ4v) is 3.13. The number of carboxylic acids is 6. The Bertz CT molecular complexity index is 827. The Hall–Kier alpha value is -3.96. The van der Waals surface area contributed by atoms with Gasteiger partial charge in [-0.05, 0) is 43.9 Å². The summed E-state index contributed by atoms with van der Waals surface area (Å²) in [6, 6.07) is 5.20.